The van der Waals surface area contributed by atoms with E-state index in [0.717, 1.165) is 17.0 Å². The predicted octanol–water partition coefficient (Wildman–Crippen LogP) is 3.64. The summed E-state index contributed by atoms with van der Waals surface area (Å²) in [6.45, 7) is 6.56. The summed E-state index contributed by atoms with van der Waals surface area (Å²) in [6.07, 6.45) is -0.0441. The fourth-order valence-electron chi connectivity index (χ4n) is 2.46. The van der Waals surface area contributed by atoms with E-state index >= 15 is 0 Å². The Hall–Kier alpha value is -2.21. The second-order valence-corrected chi connectivity index (χ2v) is 6.05. The normalized spacial score (nSPS) is 14.9. The molecular formula is C17H17ClFNO4. The third kappa shape index (κ3) is 3.06. The Bertz CT molecular complexity index is 770. The van der Waals surface area contributed by atoms with Crippen molar-refractivity contribution in [2.45, 2.75) is 40.2 Å². The van der Waals surface area contributed by atoms with Gasteiger partial charge in [-0.15, -0.1) is 0 Å². The number of hydrogen-bond donors (Lipinski definition) is 0. The Morgan fingerprint density at radius 1 is 1.29 bits per heavy atom. The van der Waals surface area contributed by atoms with E-state index in [-0.39, 0.29) is 21.8 Å². The van der Waals surface area contributed by atoms with E-state index in [0.29, 0.717) is 12.0 Å². The first-order valence-corrected chi connectivity index (χ1v) is 7.85. The standard InChI is InChI=1S/C17H17ClFNO4/c1-5-10-9(4)15(21)20(16(10)22)14-6-11(12(18)7-13(14)19)17(23)24-8(2)3/h6-8H,5H2,1-4H3. The van der Waals surface area contributed by atoms with Crippen molar-refractivity contribution in [2.75, 3.05) is 4.90 Å². The van der Waals surface area contributed by atoms with Crippen molar-refractivity contribution in [1.29, 1.82) is 0 Å². The summed E-state index contributed by atoms with van der Waals surface area (Å²) in [5.74, 6) is -2.82. The van der Waals surface area contributed by atoms with Crippen LogP contribution in [0.2, 0.25) is 5.02 Å². The second kappa shape index (κ2) is 6.73. The van der Waals surface area contributed by atoms with Crippen molar-refractivity contribution in [1.82, 2.24) is 0 Å². The van der Waals surface area contributed by atoms with Gasteiger partial charge in [0.1, 0.15) is 5.82 Å². The van der Waals surface area contributed by atoms with Crippen LogP contribution in [0.25, 0.3) is 0 Å². The van der Waals surface area contributed by atoms with Gasteiger partial charge in [-0.25, -0.2) is 14.1 Å². The number of hydrogen-bond acceptors (Lipinski definition) is 4. The molecule has 7 heteroatoms. The van der Waals surface area contributed by atoms with Crippen molar-refractivity contribution in [3.05, 3.63) is 39.7 Å². The molecule has 0 saturated heterocycles. The molecule has 0 aromatic heterocycles. The number of imide groups is 1. The minimum atomic E-state index is -0.868. The molecule has 1 aromatic rings. The molecule has 24 heavy (non-hydrogen) atoms. The van der Waals surface area contributed by atoms with Crippen LogP contribution in [0.1, 0.15) is 44.5 Å². The minimum Gasteiger partial charge on any atom is -0.459 e. The highest BCUT2D eigenvalue weighted by molar-refractivity contribution is 6.35. The molecule has 1 heterocycles. The molecular weight excluding hydrogens is 337 g/mol. The molecule has 1 aliphatic rings. The van der Waals surface area contributed by atoms with Gasteiger partial charge in [-0.1, -0.05) is 18.5 Å². The summed E-state index contributed by atoms with van der Waals surface area (Å²) in [5.41, 5.74) is 0.168. The second-order valence-electron chi connectivity index (χ2n) is 5.64. The molecule has 0 unspecified atom stereocenters. The summed E-state index contributed by atoms with van der Waals surface area (Å²) < 4.78 is 19.4. The first-order chi connectivity index (χ1) is 11.2. The summed E-state index contributed by atoms with van der Waals surface area (Å²) in [6, 6.07) is 1.97. The number of ether oxygens (including phenoxy) is 1. The van der Waals surface area contributed by atoms with Crippen LogP contribution in [0.5, 0.6) is 0 Å². The van der Waals surface area contributed by atoms with Gasteiger partial charge in [0, 0.05) is 11.1 Å². The van der Waals surface area contributed by atoms with Crippen LogP contribution >= 0.6 is 11.6 Å². The van der Waals surface area contributed by atoms with E-state index < -0.39 is 29.7 Å². The lowest BCUT2D eigenvalue weighted by Crippen LogP contribution is -2.32. The number of rotatable bonds is 4. The SMILES string of the molecule is CCC1=C(C)C(=O)N(c2cc(C(=O)OC(C)C)c(Cl)cc2F)C1=O. The summed E-state index contributed by atoms with van der Waals surface area (Å²) in [4.78, 5) is 37.5. The number of anilines is 1. The number of benzene rings is 1. The molecule has 5 nitrogen and oxygen atoms in total. The fourth-order valence-corrected chi connectivity index (χ4v) is 2.69. The number of carbonyl (C=O) groups is 3. The quantitative estimate of drug-likeness (QED) is 0.612. The topological polar surface area (TPSA) is 63.7 Å². The average Bonchev–Trinajstić information content (AvgIpc) is 2.69. The van der Waals surface area contributed by atoms with Crippen molar-refractivity contribution in [3.63, 3.8) is 0 Å². The monoisotopic (exact) mass is 353 g/mol. The van der Waals surface area contributed by atoms with E-state index in [9.17, 15) is 18.8 Å². The van der Waals surface area contributed by atoms with E-state index in [4.69, 9.17) is 16.3 Å². The molecule has 0 radical (unpaired) electrons. The number of halogens is 2. The van der Waals surface area contributed by atoms with Crippen molar-refractivity contribution < 1.29 is 23.5 Å². The maximum atomic E-state index is 14.3. The molecule has 1 aliphatic heterocycles. The highest BCUT2D eigenvalue weighted by atomic mass is 35.5. The van der Waals surface area contributed by atoms with Crippen LogP contribution in [-0.4, -0.2) is 23.9 Å². The van der Waals surface area contributed by atoms with Crippen LogP contribution in [0, 0.1) is 5.82 Å². The zero-order valence-corrected chi connectivity index (χ0v) is 14.5. The van der Waals surface area contributed by atoms with Crippen molar-refractivity contribution >= 4 is 35.1 Å². The zero-order chi connectivity index (χ0) is 18.2. The Balaban J connectivity index is 2.51. The molecule has 0 N–H and O–H groups in total. The molecule has 1 aromatic carbocycles. The van der Waals surface area contributed by atoms with Gasteiger partial charge in [-0.05, 0) is 39.3 Å². The van der Waals surface area contributed by atoms with Gasteiger partial charge in [0.15, 0.2) is 0 Å². The first kappa shape index (κ1) is 18.1. The summed E-state index contributed by atoms with van der Waals surface area (Å²) in [5, 5.41) is -0.151. The fraction of sp³-hybridized carbons (Fsp3) is 0.353. The highest BCUT2D eigenvalue weighted by Crippen LogP contribution is 2.33. The third-order valence-corrected chi connectivity index (χ3v) is 3.94. The Morgan fingerprint density at radius 3 is 2.42 bits per heavy atom. The number of nitrogens with zero attached hydrogens (tertiary/aromatic N) is 1. The van der Waals surface area contributed by atoms with E-state index in [2.05, 4.69) is 0 Å². The number of amides is 2. The Morgan fingerprint density at radius 2 is 1.92 bits per heavy atom. The smallest absolute Gasteiger partial charge is 0.339 e. The molecule has 0 atom stereocenters. The average molecular weight is 354 g/mol. The first-order valence-electron chi connectivity index (χ1n) is 7.47. The molecule has 0 saturated carbocycles. The van der Waals surface area contributed by atoms with Crippen LogP contribution in [0.3, 0.4) is 0 Å². The predicted molar refractivity (Wildman–Crippen MR) is 87.4 cm³/mol. The Labute approximate surface area is 144 Å². The minimum absolute atomic E-state index is 0.107. The van der Waals surface area contributed by atoms with E-state index in [1.807, 2.05) is 0 Å². The molecule has 0 spiro atoms. The van der Waals surface area contributed by atoms with Gasteiger partial charge in [-0.3, -0.25) is 9.59 Å². The van der Waals surface area contributed by atoms with Crippen LogP contribution < -0.4 is 4.90 Å². The molecule has 0 bridgehead atoms. The Kier molecular flexibility index (Phi) is 5.08. The van der Waals surface area contributed by atoms with Crippen LogP contribution in [-0.2, 0) is 14.3 Å². The third-order valence-electron chi connectivity index (χ3n) is 3.63. The van der Waals surface area contributed by atoms with Crippen LogP contribution in [0.15, 0.2) is 23.3 Å². The molecule has 128 valence electrons. The largest absolute Gasteiger partial charge is 0.459 e. The number of carbonyl (C=O) groups excluding carboxylic acids is 3. The van der Waals surface area contributed by atoms with Gasteiger partial charge in [-0.2, -0.15) is 0 Å². The van der Waals surface area contributed by atoms with Crippen molar-refractivity contribution in [2.24, 2.45) is 0 Å². The van der Waals surface area contributed by atoms with Gasteiger partial charge in [0.25, 0.3) is 11.8 Å². The maximum absolute atomic E-state index is 14.3. The maximum Gasteiger partial charge on any atom is 0.339 e. The molecule has 0 aliphatic carbocycles. The van der Waals surface area contributed by atoms with Gasteiger partial charge in [0.05, 0.1) is 22.4 Å². The highest BCUT2D eigenvalue weighted by Gasteiger charge is 2.38. The summed E-state index contributed by atoms with van der Waals surface area (Å²) in [7, 11) is 0. The summed E-state index contributed by atoms with van der Waals surface area (Å²) >= 11 is 5.90. The van der Waals surface area contributed by atoms with Gasteiger partial charge >= 0.3 is 5.97 Å². The molecule has 2 amide bonds. The van der Waals surface area contributed by atoms with Crippen molar-refractivity contribution in [3.8, 4) is 0 Å². The lowest BCUT2D eigenvalue weighted by atomic mass is 10.1. The van der Waals surface area contributed by atoms with Crippen LogP contribution in [0.4, 0.5) is 10.1 Å². The van der Waals surface area contributed by atoms with E-state index in [1.54, 1.807) is 20.8 Å². The van der Waals surface area contributed by atoms with Gasteiger partial charge < -0.3 is 4.74 Å². The van der Waals surface area contributed by atoms with Gasteiger partial charge in [0.2, 0.25) is 0 Å². The number of esters is 1. The lowest BCUT2D eigenvalue weighted by molar-refractivity contribution is -0.120. The molecule has 0 fully saturated rings. The molecule has 2 rings (SSSR count). The van der Waals surface area contributed by atoms with E-state index in [1.165, 1.54) is 6.92 Å². The lowest BCUT2D eigenvalue weighted by Gasteiger charge is -2.18. The zero-order valence-electron chi connectivity index (χ0n) is 13.8.